The maximum Gasteiger partial charge on any atom is 0.00844 e. The van der Waals surface area contributed by atoms with E-state index in [4.69, 9.17) is 0 Å². The van der Waals surface area contributed by atoms with E-state index in [-0.39, 0.29) is 0 Å². The predicted molar refractivity (Wildman–Crippen MR) is 59.2 cm³/mol. The number of hydrogen-bond donors (Lipinski definition) is 0. The molecule has 0 N–H and O–H groups in total. The quantitative estimate of drug-likeness (QED) is 0.535. The molecule has 1 atom stereocenters. The van der Waals surface area contributed by atoms with Crippen molar-refractivity contribution in [1.29, 1.82) is 0 Å². The summed E-state index contributed by atoms with van der Waals surface area (Å²) in [6.45, 7) is 2.27. The molecule has 0 bridgehead atoms. The summed E-state index contributed by atoms with van der Waals surface area (Å²) in [6, 6.07) is 0. The normalized spacial score (nSPS) is 19.6. The summed E-state index contributed by atoms with van der Waals surface area (Å²) in [4.78, 5) is 0. The van der Waals surface area contributed by atoms with Crippen LogP contribution in [0.4, 0.5) is 0 Å². The molecule has 0 spiro atoms. The summed E-state index contributed by atoms with van der Waals surface area (Å²) in [5, 5.41) is 0. The van der Waals surface area contributed by atoms with Gasteiger partial charge in [0.2, 0.25) is 0 Å². The SMILES string of the molecule is CC(I)CCC1=CCCC=C1. The van der Waals surface area contributed by atoms with Crippen molar-refractivity contribution in [3.05, 3.63) is 23.8 Å². The minimum atomic E-state index is 0.809. The Bertz CT molecular complexity index is 166. The summed E-state index contributed by atoms with van der Waals surface area (Å²) >= 11 is 2.49. The molecule has 0 heterocycles. The van der Waals surface area contributed by atoms with Crippen molar-refractivity contribution in [3.8, 4) is 0 Å². The van der Waals surface area contributed by atoms with Crippen LogP contribution < -0.4 is 0 Å². The van der Waals surface area contributed by atoms with Gasteiger partial charge in [-0.2, -0.15) is 0 Å². The standard InChI is InChI=1S/C10H15I/c1-9(11)7-8-10-5-3-2-4-6-10/h3,5-6,9H,2,4,7-8H2,1H3. The second-order valence-corrected chi connectivity index (χ2v) is 5.20. The molecule has 0 saturated carbocycles. The zero-order valence-electron chi connectivity index (χ0n) is 7.02. The molecule has 11 heavy (non-hydrogen) atoms. The van der Waals surface area contributed by atoms with Crippen LogP contribution in [-0.2, 0) is 0 Å². The third-order valence-electron chi connectivity index (χ3n) is 1.90. The number of halogens is 1. The van der Waals surface area contributed by atoms with Gasteiger partial charge >= 0.3 is 0 Å². The zero-order valence-corrected chi connectivity index (χ0v) is 9.17. The average Bonchev–Trinajstić information content (AvgIpc) is 2.03. The van der Waals surface area contributed by atoms with Gasteiger partial charge in [-0.05, 0) is 25.7 Å². The summed E-state index contributed by atoms with van der Waals surface area (Å²) in [7, 11) is 0. The third kappa shape index (κ3) is 3.94. The smallest absolute Gasteiger partial charge is 0.00844 e. The van der Waals surface area contributed by atoms with Crippen molar-refractivity contribution in [2.75, 3.05) is 0 Å². The van der Waals surface area contributed by atoms with Gasteiger partial charge in [-0.3, -0.25) is 0 Å². The highest BCUT2D eigenvalue weighted by Crippen LogP contribution is 2.18. The Balaban J connectivity index is 2.25. The number of alkyl halides is 1. The van der Waals surface area contributed by atoms with Gasteiger partial charge in [-0.1, -0.05) is 53.3 Å². The fourth-order valence-electron chi connectivity index (χ4n) is 1.22. The second kappa shape index (κ2) is 4.96. The minimum Gasteiger partial charge on any atom is -0.0840 e. The lowest BCUT2D eigenvalue weighted by Gasteiger charge is -2.07. The van der Waals surface area contributed by atoms with Gasteiger partial charge in [0.15, 0.2) is 0 Å². The van der Waals surface area contributed by atoms with Crippen LogP contribution in [-0.4, -0.2) is 3.92 Å². The van der Waals surface area contributed by atoms with Crippen LogP contribution in [0.25, 0.3) is 0 Å². The molecule has 0 nitrogen and oxygen atoms in total. The number of hydrogen-bond acceptors (Lipinski definition) is 0. The van der Waals surface area contributed by atoms with Gasteiger partial charge in [-0.15, -0.1) is 0 Å². The summed E-state index contributed by atoms with van der Waals surface area (Å²) in [5.41, 5.74) is 1.54. The Labute approximate surface area is 82.9 Å². The Hall–Kier alpha value is 0.210. The van der Waals surface area contributed by atoms with E-state index in [2.05, 4.69) is 47.7 Å². The first-order valence-corrected chi connectivity index (χ1v) is 5.53. The summed E-state index contributed by atoms with van der Waals surface area (Å²) in [6.07, 6.45) is 12.0. The van der Waals surface area contributed by atoms with E-state index in [1.807, 2.05) is 0 Å². The molecule has 0 aliphatic heterocycles. The van der Waals surface area contributed by atoms with Gasteiger partial charge in [0, 0.05) is 3.92 Å². The lowest BCUT2D eigenvalue weighted by atomic mass is 10.0. The van der Waals surface area contributed by atoms with Gasteiger partial charge < -0.3 is 0 Å². The van der Waals surface area contributed by atoms with Crippen LogP contribution >= 0.6 is 22.6 Å². The highest BCUT2D eigenvalue weighted by Gasteiger charge is 1.99. The van der Waals surface area contributed by atoms with Gasteiger partial charge in [0.25, 0.3) is 0 Å². The van der Waals surface area contributed by atoms with Crippen LogP contribution in [0.3, 0.4) is 0 Å². The van der Waals surface area contributed by atoms with E-state index in [9.17, 15) is 0 Å². The van der Waals surface area contributed by atoms with Gasteiger partial charge in [-0.25, -0.2) is 0 Å². The van der Waals surface area contributed by atoms with Crippen LogP contribution in [0.5, 0.6) is 0 Å². The van der Waals surface area contributed by atoms with E-state index in [0.29, 0.717) is 0 Å². The van der Waals surface area contributed by atoms with Gasteiger partial charge in [0.05, 0.1) is 0 Å². The maximum atomic E-state index is 2.49. The molecule has 0 aromatic heterocycles. The average molecular weight is 262 g/mol. The zero-order chi connectivity index (χ0) is 8.10. The van der Waals surface area contributed by atoms with Crippen LogP contribution in [0, 0.1) is 0 Å². The molecule has 0 amide bonds. The van der Waals surface area contributed by atoms with Crippen LogP contribution in [0.15, 0.2) is 23.8 Å². The van der Waals surface area contributed by atoms with Crippen molar-refractivity contribution in [2.45, 2.75) is 36.5 Å². The molecule has 1 rings (SSSR count). The Morgan fingerprint density at radius 1 is 1.55 bits per heavy atom. The Morgan fingerprint density at radius 2 is 2.36 bits per heavy atom. The molecule has 62 valence electrons. The largest absolute Gasteiger partial charge is 0.0840 e. The lowest BCUT2D eigenvalue weighted by Crippen LogP contribution is -1.92. The second-order valence-electron chi connectivity index (χ2n) is 3.08. The van der Waals surface area contributed by atoms with Crippen molar-refractivity contribution in [2.24, 2.45) is 0 Å². The monoisotopic (exact) mass is 262 g/mol. The molecular weight excluding hydrogens is 247 g/mol. The third-order valence-corrected chi connectivity index (χ3v) is 2.53. The Kier molecular flexibility index (Phi) is 4.20. The Morgan fingerprint density at radius 3 is 2.91 bits per heavy atom. The first-order valence-electron chi connectivity index (χ1n) is 4.28. The molecule has 0 saturated heterocycles. The van der Waals surface area contributed by atoms with Crippen molar-refractivity contribution in [1.82, 2.24) is 0 Å². The molecule has 1 aliphatic rings. The van der Waals surface area contributed by atoms with E-state index in [0.717, 1.165) is 3.92 Å². The first kappa shape index (κ1) is 9.30. The topological polar surface area (TPSA) is 0 Å². The van der Waals surface area contributed by atoms with Crippen LogP contribution in [0.2, 0.25) is 0 Å². The summed E-state index contributed by atoms with van der Waals surface area (Å²) < 4.78 is 0.809. The number of allylic oxidation sites excluding steroid dienone is 4. The predicted octanol–water partition coefficient (Wildman–Crippen LogP) is 3.87. The molecule has 1 heteroatoms. The first-order chi connectivity index (χ1) is 5.29. The van der Waals surface area contributed by atoms with E-state index in [1.165, 1.54) is 25.7 Å². The van der Waals surface area contributed by atoms with Crippen molar-refractivity contribution in [3.63, 3.8) is 0 Å². The van der Waals surface area contributed by atoms with E-state index < -0.39 is 0 Å². The van der Waals surface area contributed by atoms with E-state index in [1.54, 1.807) is 5.57 Å². The van der Waals surface area contributed by atoms with Crippen molar-refractivity contribution >= 4 is 22.6 Å². The maximum absolute atomic E-state index is 2.49. The minimum absolute atomic E-state index is 0.809. The highest BCUT2D eigenvalue weighted by atomic mass is 127. The van der Waals surface area contributed by atoms with Crippen LogP contribution in [0.1, 0.15) is 32.6 Å². The van der Waals surface area contributed by atoms with E-state index >= 15 is 0 Å². The fourth-order valence-corrected chi connectivity index (χ4v) is 1.53. The molecule has 0 radical (unpaired) electrons. The summed E-state index contributed by atoms with van der Waals surface area (Å²) in [5.74, 6) is 0. The highest BCUT2D eigenvalue weighted by molar-refractivity contribution is 14.1. The molecule has 0 aromatic carbocycles. The number of rotatable bonds is 3. The molecule has 1 aliphatic carbocycles. The molecular formula is C10H15I. The molecule has 0 fully saturated rings. The fraction of sp³-hybridized carbons (Fsp3) is 0.600. The van der Waals surface area contributed by atoms with Crippen molar-refractivity contribution < 1.29 is 0 Å². The molecule has 0 aromatic rings. The lowest BCUT2D eigenvalue weighted by molar-refractivity contribution is 0.823. The molecule has 1 unspecified atom stereocenters. The van der Waals surface area contributed by atoms with Gasteiger partial charge in [0.1, 0.15) is 0 Å².